The molecule has 112 valence electrons. The summed E-state index contributed by atoms with van der Waals surface area (Å²) in [6, 6.07) is 4.88. The number of nitrogens with one attached hydrogen (secondary N) is 1. The molecule has 0 saturated heterocycles. The number of hydrogen-bond acceptors (Lipinski definition) is 2. The van der Waals surface area contributed by atoms with Crippen molar-refractivity contribution in [2.45, 2.75) is 45.1 Å². The topological polar surface area (TPSA) is 75.1 Å². The number of H-pyrrole nitrogens is 1. The summed E-state index contributed by atoms with van der Waals surface area (Å²) in [7, 11) is 0. The molecule has 1 aromatic heterocycles. The summed E-state index contributed by atoms with van der Waals surface area (Å²) in [6.45, 7) is 2.07. The lowest BCUT2D eigenvalue weighted by molar-refractivity contribution is 0.0697. The van der Waals surface area contributed by atoms with Crippen molar-refractivity contribution < 1.29 is 9.90 Å². The number of nitrogens with zero attached hydrogens (tertiary/aromatic N) is 1. The highest BCUT2D eigenvalue weighted by Gasteiger charge is 2.24. The average Bonchev–Trinajstić information content (AvgIpc) is 2.82. The summed E-state index contributed by atoms with van der Waals surface area (Å²) in [4.78, 5) is 26.2. The van der Waals surface area contributed by atoms with E-state index in [0.29, 0.717) is 17.0 Å². The van der Waals surface area contributed by atoms with E-state index in [1.54, 1.807) is 16.7 Å². The summed E-state index contributed by atoms with van der Waals surface area (Å²) in [6.07, 6.45) is 5.98. The van der Waals surface area contributed by atoms with E-state index in [9.17, 15) is 9.59 Å². The molecule has 0 bridgehead atoms. The lowest BCUT2D eigenvalue weighted by Crippen LogP contribution is -2.27. The normalized spacial score (nSPS) is 18.0. The van der Waals surface area contributed by atoms with Gasteiger partial charge >= 0.3 is 11.7 Å². The standard InChI is InChI=1S/C16H20N2O3/c1-10(11-5-3-2-4-6-11)18-14-9-12(15(19)20)7-8-13(14)17-16(18)21/h7-11H,2-6H2,1H3,(H,17,21)(H,19,20). The number of carboxylic acid groups (broad SMARTS) is 1. The highest BCUT2D eigenvalue weighted by Crippen LogP contribution is 2.33. The van der Waals surface area contributed by atoms with Gasteiger partial charge in [-0.25, -0.2) is 9.59 Å². The lowest BCUT2D eigenvalue weighted by Gasteiger charge is -2.28. The van der Waals surface area contributed by atoms with E-state index in [0.717, 1.165) is 12.8 Å². The Labute approximate surface area is 122 Å². The molecule has 1 aliphatic carbocycles. The van der Waals surface area contributed by atoms with E-state index in [4.69, 9.17) is 5.11 Å². The minimum absolute atomic E-state index is 0.0931. The number of aromatic amines is 1. The molecule has 5 heteroatoms. The highest BCUT2D eigenvalue weighted by atomic mass is 16.4. The molecule has 1 fully saturated rings. The van der Waals surface area contributed by atoms with Gasteiger partial charge < -0.3 is 10.1 Å². The van der Waals surface area contributed by atoms with E-state index < -0.39 is 5.97 Å². The van der Waals surface area contributed by atoms with E-state index in [2.05, 4.69) is 11.9 Å². The third kappa shape index (κ3) is 2.48. The molecule has 1 heterocycles. The second kappa shape index (κ2) is 5.39. The Morgan fingerprint density at radius 1 is 1.33 bits per heavy atom. The third-order valence-electron chi connectivity index (χ3n) is 4.70. The van der Waals surface area contributed by atoms with Crippen LogP contribution in [0.15, 0.2) is 23.0 Å². The molecule has 0 radical (unpaired) electrons. The van der Waals surface area contributed by atoms with Gasteiger partial charge in [0, 0.05) is 6.04 Å². The molecule has 1 aliphatic rings. The van der Waals surface area contributed by atoms with Gasteiger partial charge in [-0.1, -0.05) is 19.3 Å². The summed E-state index contributed by atoms with van der Waals surface area (Å²) in [5, 5.41) is 9.13. The second-order valence-electron chi connectivity index (χ2n) is 5.98. The van der Waals surface area contributed by atoms with Crippen LogP contribution in [-0.2, 0) is 0 Å². The number of carbonyl (C=O) groups is 1. The van der Waals surface area contributed by atoms with Gasteiger partial charge in [-0.2, -0.15) is 0 Å². The Morgan fingerprint density at radius 3 is 2.71 bits per heavy atom. The van der Waals surface area contributed by atoms with Crippen LogP contribution in [-0.4, -0.2) is 20.6 Å². The molecule has 3 rings (SSSR count). The highest BCUT2D eigenvalue weighted by molar-refractivity contribution is 5.92. The average molecular weight is 288 g/mol. The monoisotopic (exact) mass is 288 g/mol. The number of hydrogen-bond donors (Lipinski definition) is 2. The minimum atomic E-state index is -0.970. The molecule has 1 atom stereocenters. The van der Waals surface area contributed by atoms with Crippen molar-refractivity contribution >= 4 is 17.0 Å². The number of fused-ring (bicyclic) bond motifs is 1. The molecule has 1 saturated carbocycles. The van der Waals surface area contributed by atoms with Crippen molar-refractivity contribution in [3.63, 3.8) is 0 Å². The summed E-state index contributed by atoms with van der Waals surface area (Å²) in [5.41, 5.74) is 1.46. The minimum Gasteiger partial charge on any atom is -0.478 e. The molecule has 5 nitrogen and oxygen atoms in total. The zero-order valence-corrected chi connectivity index (χ0v) is 12.1. The van der Waals surface area contributed by atoms with Crippen molar-refractivity contribution in [1.29, 1.82) is 0 Å². The van der Waals surface area contributed by atoms with Crippen molar-refractivity contribution in [3.8, 4) is 0 Å². The fraction of sp³-hybridized carbons (Fsp3) is 0.500. The van der Waals surface area contributed by atoms with Crippen LogP contribution >= 0.6 is 0 Å². The zero-order chi connectivity index (χ0) is 15.0. The van der Waals surface area contributed by atoms with Crippen molar-refractivity contribution in [2.75, 3.05) is 0 Å². The summed E-state index contributed by atoms with van der Waals surface area (Å²) in [5.74, 6) is -0.480. The maximum absolute atomic E-state index is 12.3. The maximum Gasteiger partial charge on any atom is 0.335 e. The van der Waals surface area contributed by atoms with Gasteiger partial charge in [0.1, 0.15) is 0 Å². The van der Waals surface area contributed by atoms with Crippen LogP contribution in [0.2, 0.25) is 0 Å². The Balaban J connectivity index is 2.07. The molecular weight excluding hydrogens is 268 g/mol. The van der Waals surface area contributed by atoms with Crippen LogP contribution in [0.25, 0.3) is 11.0 Å². The quantitative estimate of drug-likeness (QED) is 0.911. The van der Waals surface area contributed by atoms with Crippen LogP contribution in [0.1, 0.15) is 55.4 Å². The Kier molecular flexibility index (Phi) is 3.57. The van der Waals surface area contributed by atoms with Gasteiger partial charge in [0.15, 0.2) is 0 Å². The van der Waals surface area contributed by atoms with Gasteiger partial charge in [-0.15, -0.1) is 0 Å². The van der Waals surface area contributed by atoms with Crippen LogP contribution in [0.3, 0.4) is 0 Å². The van der Waals surface area contributed by atoms with Gasteiger partial charge in [0.2, 0.25) is 0 Å². The smallest absolute Gasteiger partial charge is 0.335 e. The fourth-order valence-electron chi connectivity index (χ4n) is 3.49. The molecule has 1 aromatic carbocycles. The predicted octanol–water partition coefficient (Wildman–Crippen LogP) is 3.17. The first kappa shape index (κ1) is 13.9. The van der Waals surface area contributed by atoms with E-state index >= 15 is 0 Å². The number of imidazole rings is 1. The third-order valence-corrected chi connectivity index (χ3v) is 4.70. The molecule has 21 heavy (non-hydrogen) atoms. The first-order valence-corrected chi connectivity index (χ1v) is 7.55. The number of rotatable bonds is 3. The number of aromatic nitrogens is 2. The number of benzene rings is 1. The molecule has 0 amide bonds. The molecule has 2 aromatic rings. The molecule has 0 spiro atoms. The van der Waals surface area contributed by atoms with E-state index in [1.165, 1.54) is 25.3 Å². The van der Waals surface area contributed by atoms with E-state index in [1.807, 2.05) is 0 Å². The first-order valence-electron chi connectivity index (χ1n) is 7.55. The maximum atomic E-state index is 12.3. The molecule has 1 unspecified atom stereocenters. The lowest BCUT2D eigenvalue weighted by atomic mass is 9.84. The SMILES string of the molecule is CC(C1CCCCC1)n1c(=O)[nH]c2ccc(C(=O)O)cc21. The van der Waals surface area contributed by atoms with Crippen LogP contribution in [0, 0.1) is 5.92 Å². The Bertz CT molecular complexity index is 723. The number of carboxylic acids is 1. The Morgan fingerprint density at radius 2 is 2.05 bits per heavy atom. The molecule has 0 aliphatic heterocycles. The van der Waals surface area contributed by atoms with Gasteiger partial charge in [-0.05, 0) is 43.9 Å². The largest absolute Gasteiger partial charge is 0.478 e. The van der Waals surface area contributed by atoms with Gasteiger partial charge in [-0.3, -0.25) is 4.57 Å². The zero-order valence-electron chi connectivity index (χ0n) is 12.1. The van der Waals surface area contributed by atoms with Crippen molar-refractivity contribution in [2.24, 2.45) is 5.92 Å². The van der Waals surface area contributed by atoms with Crippen molar-refractivity contribution in [1.82, 2.24) is 9.55 Å². The molecule has 2 N–H and O–H groups in total. The molecular formula is C16H20N2O3. The van der Waals surface area contributed by atoms with Gasteiger partial charge in [0.25, 0.3) is 0 Å². The Hall–Kier alpha value is -2.04. The predicted molar refractivity (Wildman–Crippen MR) is 80.8 cm³/mol. The summed E-state index contributed by atoms with van der Waals surface area (Å²) < 4.78 is 1.73. The summed E-state index contributed by atoms with van der Waals surface area (Å²) >= 11 is 0. The second-order valence-corrected chi connectivity index (χ2v) is 5.98. The van der Waals surface area contributed by atoms with Crippen LogP contribution < -0.4 is 5.69 Å². The van der Waals surface area contributed by atoms with Crippen LogP contribution in [0.4, 0.5) is 0 Å². The van der Waals surface area contributed by atoms with Crippen LogP contribution in [0.5, 0.6) is 0 Å². The fourth-order valence-corrected chi connectivity index (χ4v) is 3.49. The number of aromatic carboxylic acids is 1. The van der Waals surface area contributed by atoms with Crippen molar-refractivity contribution in [3.05, 3.63) is 34.2 Å². The van der Waals surface area contributed by atoms with E-state index in [-0.39, 0.29) is 17.3 Å². The first-order chi connectivity index (χ1) is 10.1. The van der Waals surface area contributed by atoms with Gasteiger partial charge in [0.05, 0.1) is 16.6 Å².